The van der Waals surface area contributed by atoms with E-state index in [1.165, 1.54) is 12.8 Å². The van der Waals surface area contributed by atoms with E-state index < -0.39 is 0 Å². The van der Waals surface area contributed by atoms with E-state index in [0.29, 0.717) is 24.3 Å². The Hall–Kier alpha value is -0.320. The van der Waals surface area contributed by atoms with E-state index in [2.05, 4.69) is 19.2 Å². The molecular formula is C15H29ClN2O2. The zero-order valence-electron chi connectivity index (χ0n) is 12.6. The van der Waals surface area contributed by atoms with Gasteiger partial charge in [0, 0.05) is 25.8 Å². The van der Waals surface area contributed by atoms with Gasteiger partial charge in [-0.2, -0.15) is 0 Å². The van der Waals surface area contributed by atoms with Crippen LogP contribution in [0.4, 0.5) is 0 Å². The highest BCUT2D eigenvalue weighted by atomic mass is 35.5. The van der Waals surface area contributed by atoms with Crippen LogP contribution >= 0.6 is 12.4 Å². The van der Waals surface area contributed by atoms with Gasteiger partial charge in [0.2, 0.25) is 5.91 Å². The van der Waals surface area contributed by atoms with Gasteiger partial charge >= 0.3 is 0 Å². The van der Waals surface area contributed by atoms with Gasteiger partial charge in [-0.1, -0.05) is 13.8 Å². The number of nitrogens with one attached hydrogen (secondary N) is 1. The van der Waals surface area contributed by atoms with Crippen LogP contribution in [0.15, 0.2) is 0 Å². The Morgan fingerprint density at radius 1 is 1.35 bits per heavy atom. The molecule has 0 saturated heterocycles. The fourth-order valence-corrected chi connectivity index (χ4v) is 3.55. The summed E-state index contributed by atoms with van der Waals surface area (Å²) in [5.74, 6) is 1.94. The molecule has 2 aliphatic carbocycles. The van der Waals surface area contributed by atoms with Gasteiger partial charge in [-0.25, -0.2) is 0 Å². The molecule has 2 fully saturated rings. The molecule has 118 valence electrons. The second-order valence-corrected chi connectivity index (χ2v) is 6.55. The first-order valence-corrected chi connectivity index (χ1v) is 7.70. The van der Waals surface area contributed by atoms with Crippen molar-refractivity contribution in [3.05, 3.63) is 0 Å². The maximum absolute atomic E-state index is 12.2. The van der Waals surface area contributed by atoms with Crippen molar-refractivity contribution >= 4 is 18.3 Å². The molecule has 20 heavy (non-hydrogen) atoms. The van der Waals surface area contributed by atoms with E-state index >= 15 is 0 Å². The van der Waals surface area contributed by atoms with Crippen molar-refractivity contribution in [2.24, 2.45) is 29.4 Å². The highest BCUT2D eigenvalue weighted by molar-refractivity contribution is 5.85. The molecule has 5 heteroatoms. The molecule has 0 spiro atoms. The summed E-state index contributed by atoms with van der Waals surface area (Å²) in [6.45, 7) is 6.50. The minimum absolute atomic E-state index is 0. The van der Waals surface area contributed by atoms with Crippen molar-refractivity contribution in [1.29, 1.82) is 0 Å². The lowest BCUT2D eigenvalue weighted by Crippen LogP contribution is -2.45. The first-order chi connectivity index (χ1) is 9.09. The molecule has 2 rings (SSSR count). The normalized spacial score (nSPS) is 31.4. The fraction of sp³-hybridized carbons (Fsp3) is 0.933. The summed E-state index contributed by atoms with van der Waals surface area (Å²) in [5, 5.41) is 3.03. The smallest absolute Gasteiger partial charge is 0.224 e. The average Bonchev–Trinajstić information content (AvgIpc) is 2.93. The van der Waals surface area contributed by atoms with Gasteiger partial charge in [-0.3, -0.25) is 4.79 Å². The lowest BCUT2D eigenvalue weighted by Gasteiger charge is -2.27. The van der Waals surface area contributed by atoms with E-state index in [9.17, 15) is 4.79 Å². The van der Waals surface area contributed by atoms with Crippen LogP contribution in [-0.4, -0.2) is 31.7 Å². The maximum Gasteiger partial charge on any atom is 0.224 e. The molecule has 4 nitrogen and oxygen atoms in total. The standard InChI is InChI=1S/C15H28N2O2.ClH/c1-10(2)9-19-7-3-6-17-15(18)13-11-4-5-12(8-11)14(13)16;/h10-14H,3-9,16H2,1-2H3,(H,17,18);1H. The van der Waals surface area contributed by atoms with Crippen LogP contribution in [0.25, 0.3) is 0 Å². The van der Waals surface area contributed by atoms with E-state index in [1.807, 2.05) is 0 Å². The molecular weight excluding hydrogens is 276 g/mol. The van der Waals surface area contributed by atoms with Crippen molar-refractivity contribution in [3.63, 3.8) is 0 Å². The maximum atomic E-state index is 12.2. The zero-order chi connectivity index (χ0) is 13.8. The molecule has 2 saturated carbocycles. The Bertz CT molecular complexity index is 310. The fourth-order valence-electron chi connectivity index (χ4n) is 3.55. The number of rotatable bonds is 7. The highest BCUT2D eigenvalue weighted by Gasteiger charge is 2.48. The third-order valence-electron chi connectivity index (χ3n) is 4.50. The lowest BCUT2D eigenvalue weighted by atomic mass is 9.84. The molecule has 4 unspecified atom stereocenters. The number of fused-ring (bicyclic) bond motifs is 2. The predicted molar refractivity (Wildman–Crippen MR) is 82.8 cm³/mol. The minimum Gasteiger partial charge on any atom is -0.381 e. The van der Waals surface area contributed by atoms with E-state index in [0.717, 1.165) is 26.1 Å². The molecule has 4 atom stereocenters. The molecule has 2 bridgehead atoms. The number of nitrogens with two attached hydrogens (primary N) is 1. The molecule has 1 amide bonds. The van der Waals surface area contributed by atoms with Gasteiger partial charge in [0.25, 0.3) is 0 Å². The molecule has 0 aromatic carbocycles. The quantitative estimate of drug-likeness (QED) is 0.707. The van der Waals surface area contributed by atoms with Gasteiger partial charge in [0.15, 0.2) is 0 Å². The van der Waals surface area contributed by atoms with Crippen LogP contribution in [0.1, 0.15) is 39.5 Å². The van der Waals surface area contributed by atoms with Crippen molar-refractivity contribution in [2.75, 3.05) is 19.8 Å². The largest absolute Gasteiger partial charge is 0.381 e. The first-order valence-electron chi connectivity index (χ1n) is 7.70. The SMILES string of the molecule is CC(C)COCCCNC(=O)C1C2CCC(C2)C1N.Cl. The summed E-state index contributed by atoms with van der Waals surface area (Å²) in [5.41, 5.74) is 6.16. The summed E-state index contributed by atoms with van der Waals surface area (Å²) in [6.07, 6.45) is 4.46. The van der Waals surface area contributed by atoms with Crippen LogP contribution in [0, 0.1) is 23.7 Å². The molecule has 3 N–H and O–H groups in total. The topological polar surface area (TPSA) is 64.3 Å². The zero-order valence-corrected chi connectivity index (χ0v) is 13.5. The third-order valence-corrected chi connectivity index (χ3v) is 4.50. The molecule has 0 aliphatic heterocycles. The Balaban J connectivity index is 0.00000200. The number of carbonyl (C=O) groups excluding carboxylic acids is 1. The summed E-state index contributed by atoms with van der Waals surface area (Å²) in [7, 11) is 0. The summed E-state index contributed by atoms with van der Waals surface area (Å²) < 4.78 is 5.50. The second-order valence-electron chi connectivity index (χ2n) is 6.55. The Morgan fingerprint density at radius 3 is 2.65 bits per heavy atom. The molecule has 0 aromatic heterocycles. The Kier molecular flexibility index (Phi) is 7.27. The Morgan fingerprint density at radius 2 is 2.05 bits per heavy atom. The van der Waals surface area contributed by atoms with Crippen molar-refractivity contribution in [3.8, 4) is 0 Å². The van der Waals surface area contributed by atoms with E-state index in [4.69, 9.17) is 10.5 Å². The van der Waals surface area contributed by atoms with Gasteiger partial charge < -0.3 is 15.8 Å². The lowest BCUT2D eigenvalue weighted by molar-refractivity contribution is -0.127. The monoisotopic (exact) mass is 304 g/mol. The summed E-state index contributed by atoms with van der Waals surface area (Å²) >= 11 is 0. The van der Waals surface area contributed by atoms with Gasteiger partial charge in [0.1, 0.15) is 0 Å². The van der Waals surface area contributed by atoms with E-state index in [-0.39, 0.29) is 30.3 Å². The molecule has 2 aliphatic rings. The van der Waals surface area contributed by atoms with Gasteiger partial charge in [-0.05, 0) is 43.4 Å². The van der Waals surface area contributed by atoms with Crippen molar-refractivity contribution in [2.45, 2.75) is 45.6 Å². The summed E-state index contributed by atoms with van der Waals surface area (Å²) in [6, 6.07) is 0.0935. The highest BCUT2D eigenvalue weighted by Crippen LogP contribution is 2.47. The summed E-state index contributed by atoms with van der Waals surface area (Å²) in [4.78, 5) is 12.2. The van der Waals surface area contributed by atoms with Crippen LogP contribution in [0.5, 0.6) is 0 Å². The van der Waals surface area contributed by atoms with Crippen LogP contribution in [0.3, 0.4) is 0 Å². The van der Waals surface area contributed by atoms with E-state index in [1.54, 1.807) is 0 Å². The van der Waals surface area contributed by atoms with Crippen LogP contribution < -0.4 is 11.1 Å². The second kappa shape index (κ2) is 8.20. The van der Waals surface area contributed by atoms with Crippen molar-refractivity contribution in [1.82, 2.24) is 5.32 Å². The molecule has 0 radical (unpaired) electrons. The van der Waals surface area contributed by atoms with Gasteiger partial charge in [-0.15, -0.1) is 12.4 Å². The van der Waals surface area contributed by atoms with Crippen LogP contribution in [0.2, 0.25) is 0 Å². The Labute approximate surface area is 128 Å². The van der Waals surface area contributed by atoms with Crippen LogP contribution in [-0.2, 0) is 9.53 Å². The third kappa shape index (κ3) is 4.34. The number of ether oxygens (including phenoxy) is 1. The molecule has 0 aromatic rings. The average molecular weight is 305 g/mol. The molecule has 0 heterocycles. The number of amides is 1. The number of hydrogen-bond acceptors (Lipinski definition) is 3. The van der Waals surface area contributed by atoms with Gasteiger partial charge in [0.05, 0.1) is 5.92 Å². The predicted octanol–water partition coefficient (Wildman–Crippen LogP) is 1.96. The number of halogens is 1. The van der Waals surface area contributed by atoms with Crippen molar-refractivity contribution < 1.29 is 9.53 Å². The first kappa shape index (κ1) is 17.7. The number of hydrogen-bond donors (Lipinski definition) is 2. The minimum atomic E-state index is 0. The number of carbonyl (C=O) groups is 1.